The molecule has 0 saturated carbocycles. The Morgan fingerprint density at radius 3 is 2.33 bits per heavy atom. The van der Waals surface area contributed by atoms with Gasteiger partial charge in [-0.1, -0.05) is 0 Å². The average molecular weight is 183 g/mol. The molecule has 0 amide bonds. The van der Waals surface area contributed by atoms with Crippen molar-refractivity contribution in [1.29, 1.82) is 0 Å². The van der Waals surface area contributed by atoms with Gasteiger partial charge in [0.05, 0.1) is 19.2 Å². The van der Waals surface area contributed by atoms with Gasteiger partial charge in [-0.15, -0.1) is 5.01 Å². The van der Waals surface area contributed by atoms with Crippen molar-refractivity contribution in [2.75, 3.05) is 13.1 Å². The summed E-state index contributed by atoms with van der Waals surface area (Å²) < 4.78 is 0. The first-order chi connectivity index (χ1) is 5.24. The van der Waals surface area contributed by atoms with Gasteiger partial charge in [0.25, 0.3) is 0 Å². The van der Waals surface area contributed by atoms with Gasteiger partial charge in [0.2, 0.25) is 0 Å². The molecule has 0 radical (unpaired) electrons. The Hall–Kier alpha value is -0.0400. The quantitative estimate of drug-likeness (QED) is 0.201. The molecule has 0 aromatic rings. The van der Waals surface area contributed by atoms with Crippen LogP contribution in [0.3, 0.4) is 0 Å². The number of aliphatic hydroxyl groups is 1. The molecule has 1 N–H and O–H groups in total. The molecule has 0 aliphatic carbocycles. The van der Waals surface area contributed by atoms with E-state index >= 15 is 0 Å². The van der Waals surface area contributed by atoms with Gasteiger partial charge in [-0.05, 0) is 18.1 Å². The molecule has 1 rings (SSSR count). The van der Waals surface area contributed by atoms with Gasteiger partial charge in [0.15, 0.2) is 0 Å². The molecule has 1 aliphatic rings. The van der Waals surface area contributed by atoms with Crippen LogP contribution < -0.4 is 29.6 Å². The molecule has 0 atom stereocenters. The van der Waals surface area contributed by atoms with Crippen LogP contribution in [0.25, 0.3) is 0 Å². The monoisotopic (exact) mass is 183 g/mol. The molecule has 0 unspecified atom stereocenters. The van der Waals surface area contributed by atoms with Crippen LogP contribution in [-0.4, -0.2) is 34.3 Å². The minimum absolute atomic E-state index is 0. The number of hydrogen-bond acceptors (Lipinski definition) is 4. The van der Waals surface area contributed by atoms with Crippen molar-refractivity contribution in [3.8, 4) is 0 Å². The molecular formula is C5H10N3NaO3. The smallest absolute Gasteiger partial charge is 0.737 e. The summed E-state index contributed by atoms with van der Waals surface area (Å²) in [7, 11) is 0. The third-order valence-electron chi connectivity index (χ3n) is 1.75. The van der Waals surface area contributed by atoms with Crippen molar-refractivity contribution in [1.82, 2.24) is 5.01 Å². The van der Waals surface area contributed by atoms with Crippen LogP contribution in [0.5, 0.6) is 0 Å². The zero-order chi connectivity index (χ0) is 8.27. The van der Waals surface area contributed by atoms with E-state index in [4.69, 9.17) is 5.11 Å². The molecule has 1 fully saturated rings. The Bertz CT molecular complexity index is 158. The molecule has 1 aliphatic heterocycles. The molecule has 6 nitrogen and oxygen atoms in total. The standard InChI is InChI=1S/C5H11N3O3.Na/c9-5-1-3-7(4-2-5)8(11)6-10;/h5,9-10H,1-4H2;/q;+1/p-1/b8-6-;. The fourth-order valence-corrected chi connectivity index (χ4v) is 1.07. The number of piperidine rings is 1. The van der Waals surface area contributed by atoms with E-state index in [0.29, 0.717) is 25.9 Å². The van der Waals surface area contributed by atoms with Crippen LogP contribution in [0, 0.1) is 10.4 Å². The van der Waals surface area contributed by atoms with Gasteiger partial charge < -0.3 is 15.5 Å². The van der Waals surface area contributed by atoms with Crippen LogP contribution in [-0.2, 0) is 0 Å². The normalized spacial score (nSPS) is 20.4. The fourth-order valence-electron chi connectivity index (χ4n) is 1.07. The Morgan fingerprint density at radius 2 is 1.92 bits per heavy atom. The van der Waals surface area contributed by atoms with Gasteiger partial charge >= 0.3 is 29.6 Å². The summed E-state index contributed by atoms with van der Waals surface area (Å²) in [6.45, 7) is 0.798. The summed E-state index contributed by atoms with van der Waals surface area (Å²) in [4.78, 5) is 0.0336. The maximum atomic E-state index is 10.6. The van der Waals surface area contributed by atoms with Crippen LogP contribution in [0.4, 0.5) is 0 Å². The van der Waals surface area contributed by atoms with Crippen molar-refractivity contribution in [2.45, 2.75) is 18.9 Å². The third-order valence-corrected chi connectivity index (χ3v) is 1.75. The van der Waals surface area contributed by atoms with E-state index in [9.17, 15) is 10.4 Å². The molecule has 12 heavy (non-hydrogen) atoms. The maximum Gasteiger partial charge on any atom is 1.00 e. The Balaban J connectivity index is 0.00000121. The number of hydrogen-bond donors (Lipinski definition) is 1. The minimum Gasteiger partial charge on any atom is -0.737 e. The van der Waals surface area contributed by atoms with Gasteiger partial charge in [-0.3, -0.25) is 0 Å². The second kappa shape index (κ2) is 5.58. The average Bonchev–Trinajstić information content (AvgIpc) is 2.05. The summed E-state index contributed by atoms with van der Waals surface area (Å²) in [5.41, 5.74) is 0. The van der Waals surface area contributed by atoms with Gasteiger partial charge in [-0.25, -0.2) is 0 Å². The van der Waals surface area contributed by atoms with E-state index in [1.54, 1.807) is 0 Å². The molecule has 64 valence electrons. The summed E-state index contributed by atoms with van der Waals surface area (Å²) >= 11 is 0. The van der Waals surface area contributed by atoms with Crippen molar-refractivity contribution in [2.24, 2.45) is 5.28 Å². The van der Waals surface area contributed by atoms with Gasteiger partial charge in [-0.2, -0.15) is 0 Å². The second-order valence-electron chi connectivity index (χ2n) is 2.52. The summed E-state index contributed by atoms with van der Waals surface area (Å²) in [6, 6.07) is 0. The molecule has 0 aromatic carbocycles. The van der Waals surface area contributed by atoms with Crippen LogP contribution >= 0.6 is 0 Å². The molecule has 0 bridgehead atoms. The van der Waals surface area contributed by atoms with Crippen LogP contribution in [0.1, 0.15) is 12.8 Å². The Kier molecular flexibility index (Phi) is 5.56. The summed E-state index contributed by atoms with van der Waals surface area (Å²) in [6.07, 6.45) is 0.703. The third kappa shape index (κ3) is 3.14. The van der Waals surface area contributed by atoms with E-state index in [-0.39, 0.29) is 40.6 Å². The summed E-state index contributed by atoms with van der Waals surface area (Å²) in [5, 5.41) is 32.8. The van der Waals surface area contributed by atoms with Crippen LogP contribution in [0.2, 0.25) is 0 Å². The first-order valence-corrected chi connectivity index (χ1v) is 3.47. The van der Waals surface area contributed by atoms with Crippen molar-refractivity contribution in [3.05, 3.63) is 10.4 Å². The SMILES string of the molecule is [Na+].[O-]/N=[N+](\[O-])N1CCC(O)CC1. The van der Waals surface area contributed by atoms with Crippen LogP contribution in [0.15, 0.2) is 5.28 Å². The number of rotatable bonds is 1. The number of hydrazine groups is 1. The number of aliphatic hydroxyl groups excluding tert-OH is 1. The molecular weight excluding hydrogens is 173 g/mol. The van der Waals surface area contributed by atoms with E-state index in [0.717, 1.165) is 0 Å². The first-order valence-electron chi connectivity index (χ1n) is 3.47. The zero-order valence-corrected chi connectivity index (χ0v) is 9.01. The molecule has 0 spiro atoms. The second-order valence-corrected chi connectivity index (χ2v) is 2.52. The van der Waals surface area contributed by atoms with Crippen molar-refractivity contribution in [3.63, 3.8) is 0 Å². The van der Waals surface area contributed by atoms with Gasteiger partial charge in [0.1, 0.15) is 0 Å². The Labute approximate surface area is 92.3 Å². The molecule has 1 heterocycles. The Morgan fingerprint density at radius 1 is 1.42 bits per heavy atom. The maximum absolute atomic E-state index is 10.6. The summed E-state index contributed by atoms with van der Waals surface area (Å²) in [5.74, 6) is 0. The van der Waals surface area contributed by atoms with E-state index in [1.807, 2.05) is 0 Å². The van der Waals surface area contributed by atoms with E-state index in [2.05, 4.69) is 5.28 Å². The molecule has 1 saturated heterocycles. The molecule has 7 heteroatoms. The minimum atomic E-state index is -0.341. The van der Waals surface area contributed by atoms with E-state index in [1.165, 1.54) is 5.01 Å². The predicted molar refractivity (Wildman–Crippen MR) is 36.2 cm³/mol. The van der Waals surface area contributed by atoms with E-state index < -0.39 is 0 Å². The largest absolute Gasteiger partial charge is 1.00 e. The molecule has 0 aromatic heterocycles. The zero-order valence-electron chi connectivity index (χ0n) is 7.01. The predicted octanol–water partition coefficient (Wildman–Crippen LogP) is -3.18. The van der Waals surface area contributed by atoms with Crippen molar-refractivity contribution >= 4 is 0 Å². The number of nitrogens with zero attached hydrogens (tertiary/aromatic N) is 3. The first kappa shape index (κ1) is 12.0. The fraction of sp³-hybridized carbons (Fsp3) is 1.00. The van der Waals surface area contributed by atoms with Gasteiger partial charge in [0, 0.05) is 4.97 Å². The topological polar surface area (TPSA) is 85.0 Å². The van der Waals surface area contributed by atoms with Crippen molar-refractivity contribution < 1.29 is 39.6 Å².